The first-order chi connectivity index (χ1) is 10.5. The molecule has 9 heteroatoms. The number of non-ortho nitro benzene ring substituents is 1. The van der Waals surface area contributed by atoms with Gasteiger partial charge in [-0.1, -0.05) is 5.16 Å². The fourth-order valence-electron chi connectivity index (χ4n) is 1.88. The third kappa shape index (κ3) is 3.45. The van der Waals surface area contributed by atoms with Crippen LogP contribution in [0.5, 0.6) is 0 Å². The first kappa shape index (κ1) is 15.2. The van der Waals surface area contributed by atoms with Crippen molar-refractivity contribution in [2.45, 2.75) is 13.0 Å². The number of nitro benzene ring substituents is 1. The number of benzene rings is 1. The molecule has 1 aromatic heterocycles. The van der Waals surface area contributed by atoms with Gasteiger partial charge in [0, 0.05) is 29.5 Å². The second-order valence-corrected chi connectivity index (χ2v) is 4.39. The number of nitrogens with zero attached hydrogens (tertiary/aromatic N) is 4. The molecule has 0 saturated heterocycles. The molecule has 114 valence electrons. The maximum Gasteiger partial charge on any atom is 0.305 e. The normalized spacial score (nSPS) is 10.9. The molecule has 1 heterocycles. The monoisotopic (exact) mass is 304 g/mol. The van der Waals surface area contributed by atoms with Gasteiger partial charge in [0.2, 0.25) is 0 Å². The molecule has 0 radical (unpaired) electrons. The van der Waals surface area contributed by atoms with E-state index in [9.17, 15) is 14.9 Å². The average molecular weight is 304 g/mol. The molecule has 2 aromatic rings. The van der Waals surface area contributed by atoms with E-state index in [2.05, 4.69) is 10.3 Å². The van der Waals surface area contributed by atoms with Crippen molar-refractivity contribution in [3.63, 3.8) is 0 Å². The first-order valence-corrected chi connectivity index (χ1v) is 6.22. The summed E-state index contributed by atoms with van der Waals surface area (Å²) in [5.74, 6) is -0.954. The van der Waals surface area contributed by atoms with E-state index in [1.165, 1.54) is 35.2 Å². The molecule has 0 unspecified atom stereocenters. The Morgan fingerprint density at radius 3 is 2.64 bits per heavy atom. The molecular formula is C13H12N4O5. The van der Waals surface area contributed by atoms with Gasteiger partial charge in [-0.3, -0.25) is 19.6 Å². The van der Waals surface area contributed by atoms with Crippen molar-refractivity contribution in [1.82, 2.24) is 9.78 Å². The Hall–Kier alpha value is -3.23. The Morgan fingerprint density at radius 1 is 1.41 bits per heavy atom. The molecule has 2 N–H and O–H groups in total. The summed E-state index contributed by atoms with van der Waals surface area (Å²) in [7, 11) is 0. The van der Waals surface area contributed by atoms with Crippen molar-refractivity contribution in [1.29, 1.82) is 0 Å². The number of rotatable bonds is 6. The minimum atomic E-state index is -0.954. The highest BCUT2D eigenvalue weighted by Gasteiger charge is 2.12. The summed E-state index contributed by atoms with van der Waals surface area (Å²) in [6, 6.07) is 5.73. The Bertz CT molecular complexity index is 721. The van der Waals surface area contributed by atoms with E-state index in [1.807, 2.05) is 0 Å². The van der Waals surface area contributed by atoms with Crippen LogP contribution in [0.2, 0.25) is 0 Å². The number of oxime groups is 1. The number of aromatic nitrogens is 2. The van der Waals surface area contributed by atoms with Crippen LogP contribution in [0.25, 0.3) is 11.3 Å². The molecule has 2 rings (SSSR count). The number of hydrogen-bond donors (Lipinski definition) is 2. The summed E-state index contributed by atoms with van der Waals surface area (Å²) in [4.78, 5) is 20.7. The quantitative estimate of drug-likeness (QED) is 0.361. The third-order valence-corrected chi connectivity index (χ3v) is 2.89. The fourth-order valence-corrected chi connectivity index (χ4v) is 1.88. The average Bonchev–Trinajstić information content (AvgIpc) is 2.89. The van der Waals surface area contributed by atoms with Crippen molar-refractivity contribution in [2.75, 3.05) is 0 Å². The molecule has 0 spiro atoms. The maximum atomic E-state index is 10.6. The second kappa shape index (κ2) is 6.48. The Balaban J connectivity index is 2.35. The zero-order chi connectivity index (χ0) is 16.1. The summed E-state index contributed by atoms with van der Waals surface area (Å²) in [5, 5.41) is 35.2. The van der Waals surface area contributed by atoms with E-state index >= 15 is 0 Å². The zero-order valence-corrected chi connectivity index (χ0v) is 11.3. The van der Waals surface area contributed by atoms with Gasteiger partial charge in [-0.15, -0.1) is 0 Å². The van der Waals surface area contributed by atoms with Crippen molar-refractivity contribution in [3.05, 3.63) is 46.1 Å². The molecule has 0 atom stereocenters. The highest BCUT2D eigenvalue weighted by atomic mass is 16.6. The number of carboxylic acids is 1. The van der Waals surface area contributed by atoms with Crippen LogP contribution in [0.15, 0.2) is 35.6 Å². The maximum absolute atomic E-state index is 10.6. The lowest BCUT2D eigenvalue weighted by molar-refractivity contribution is -0.384. The van der Waals surface area contributed by atoms with Gasteiger partial charge in [-0.25, -0.2) is 0 Å². The number of aliphatic carboxylic acids is 1. The van der Waals surface area contributed by atoms with Gasteiger partial charge < -0.3 is 10.3 Å². The van der Waals surface area contributed by atoms with E-state index in [-0.39, 0.29) is 18.7 Å². The van der Waals surface area contributed by atoms with Crippen molar-refractivity contribution in [3.8, 4) is 11.3 Å². The van der Waals surface area contributed by atoms with E-state index in [4.69, 9.17) is 10.3 Å². The standard InChI is InChI=1S/C13H12N4O5/c18-12(19)5-6-16-8-10(7-14-20)13(15-16)9-1-3-11(4-2-9)17(21)22/h1-4,7-8,20H,5-6H2,(H,18,19)/b14-7+. The molecular weight excluding hydrogens is 292 g/mol. The van der Waals surface area contributed by atoms with Crippen LogP contribution >= 0.6 is 0 Å². The number of carboxylic acid groups (broad SMARTS) is 1. The topological polar surface area (TPSA) is 131 Å². The fraction of sp³-hybridized carbons (Fsp3) is 0.154. The molecule has 0 fully saturated rings. The summed E-state index contributed by atoms with van der Waals surface area (Å²) in [6.45, 7) is 0.161. The second-order valence-electron chi connectivity index (χ2n) is 4.39. The predicted octanol–water partition coefficient (Wildman–Crippen LogP) is 1.74. The van der Waals surface area contributed by atoms with E-state index in [0.717, 1.165) is 0 Å². The lowest BCUT2D eigenvalue weighted by atomic mass is 10.1. The number of carbonyl (C=O) groups is 1. The van der Waals surface area contributed by atoms with Crippen LogP contribution < -0.4 is 0 Å². The van der Waals surface area contributed by atoms with Crippen molar-refractivity contribution in [2.24, 2.45) is 5.16 Å². The van der Waals surface area contributed by atoms with Crippen LogP contribution in [0, 0.1) is 10.1 Å². The molecule has 0 bridgehead atoms. The van der Waals surface area contributed by atoms with Gasteiger partial charge in [0.15, 0.2) is 0 Å². The highest BCUT2D eigenvalue weighted by molar-refractivity contribution is 5.88. The van der Waals surface area contributed by atoms with Crippen LogP contribution in [0.1, 0.15) is 12.0 Å². The summed E-state index contributed by atoms with van der Waals surface area (Å²) in [5.41, 5.74) is 1.46. The summed E-state index contributed by atoms with van der Waals surface area (Å²) >= 11 is 0. The largest absolute Gasteiger partial charge is 0.481 e. The van der Waals surface area contributed by atoms with Crippen LogP contribution in [-0.2, 0) is 11.3 Å². The minimum Gasteiger partial charge on any atom is -0.481 e. The number of nitro groups is 1. The van der Waals surface area contributed by atoms with Crippen LogP contribution in [0.4, 0.5) is 5.69 Å². The van der Waals surface area contributed by atoms with Gasteiger partial charge in [0.25, 0.3) is 5.69 Å². The molecule has 22 heavy (non-hydrogen) atoms. The SMILES string of the molecule is O=C(O)CCn1cc(/C=N/O)c(-c2ccc([N+](=O)[O-])cc2)n1. The summed E-state index contributed by atoms with van der Waals surface area (Å²) in [6.07, 6.45) is 2.61. The van der Waals surface area contributed by atoms with E-state index < -0.39 is 10.9 Å². The molecule has 0 amide bonds. The van der Waals surface area contributed by atoms with Crippen LogP contribution in [-0.4, -0.2) is 37.2 Å². The third-order valence-electron chi connectivity index (χ3n) is 2.89. The van der Waals surface area contributed by atoms with Crippen LogP contribution in [0.3, 0.4) is 0 Å². The molecule has 0 aliphatic heterocycles. The van der Waals surface area contributed by atoms with E-state index in [1.54, 1.807) is 6.20 Å². The smallest absolute Gasteiger partial charge is 0.305 e. The lowest BCUT2D eigenvalue weighted by Crippen LogP contribution is -2.04. The zero-order valence-electron chi connectivity index (χ0n) is 11.3. The Labute approximate surface area is 124 Å². The first-order valence-electron chi connectivity index (χ1n) is 6.22. The molecule has 0 saturated carbocycles. The van der Waals surface area contributed by atoms with Crippen molar-refractivity contribution < 1.29 is 20.0 Å². The highest BCUT2D eigenvalue weighted by Crippen LogP contribution is 2.23. The lowest BCUT2D eigenvalue weighted by Gasteiger charge is -1.99. The van der Waals surface area contributed by atoms with Gasteiger partial charge in [0.05, 0.1) is 24.1 Å². The van der Waals surface area contributed by atoms with Gasteiger partial charge in [-0.05, 0) is 12.1 Å². The Kier molecular flexibility index (Phi) is 4.47. The van der Waals surface area contributed by atoms with Gasteiger partial charge >= 0.3 is 5.97 Å². The Morgan fingerprint density at radius 2 is 2.09 bits per heavy atom. The number of aryl methyl sites for hydroxylation is 1. The molecule has 1 aromatic carbocycles. The molecule has 0 aliphatic carbocycles. The minimum absolute atomic E-state index is 0.0496. The van der Waals surface area contributed by atoms with Gasteiger partial charge in [-0.2, -0.15) is 5.10 Å². The molecule has 9 nitrogen and oxygen atoms in total. The predicted molar refractivity (Wildman–Crippen MR) is 76.0 cm³/mol. The van der Waals surface area contributed by atoms with Gasteiger partial charge in [0.1, 0.15) is 5.69 Å². The number of hydrogen-bond acceptors (Lipinski definition) is 6. The summed E-state index contributed by atoms with van der Waals surface area (Å²) < 4.78 is 1.42. The van der Waals surface area contributed by atoms with Crippen molar-refractivity contribution >= 4 is 17.9 Å². The molecule has 0 aliphatic rings. The van der Waals surface area contributed by atoms with E-state index in [0.29, 0.717) is 16.8 Å².